The van der Waals surface area contributed by atoms with E-state index in [1.54, 1.807) is 0 Å². The summed E-state index contributed by atoms with van der Waals surface area (Å²) in [6.07, 6.45) is 2.41. The minimum Gasteiger partial charge on any atom is -0.355 e. The summed E-state index contributed by atoms with van der Waals surface area (Å²) in [5.74, 6) is 1.64. The van der Waals surface area contributed by atoms with Gasteiger partial charge in [0.25, 0.3) is 0 Å². The maximum Gasteiger partial charge on any atom is 0.222 e. The second kappa shape index (κ2) is 9.37. The van der Waals surface area contributed by atoms with Crippen LogP contribution >= 0.6 is 0 Å². The molecule has 0 saturated heterocycles. The molecule has 0 unspecified atom stereocenters. The van der Waals surface area contributed by atoms with Gasteiger partial charge in [0.1, 0.15) is 0 Å². The van der Waals surface area contributed by atoms with Crippen molar-refractivity contribution >= 4 is 5.91 Å². The molecule has 0 aliphatic carbocycles. The molecule has 0 fully saturated rings. The predicted octanol–water partition coefficient (Wildman–Crippen LogP) is 2.81. The Kier molecular flexibility index (Phi) is 9.08. The third kappa shape index (κ3) is 9.46. The number of hydrogen-bond donors (Lipinski definition) is 2. The molecule has 2 N–H and O–H groups in total. The minimum absolute atomic E-state index is 0.0760. The number of carbonyl (C=O) groups excluding carboxylic acids is 1. The van der Waals surface area contributed by atoms with Gasteiger partial charge in [-0.3, -0.25) is 4.79 Å². The molecule has 0 aromatic carbocycles. The van der Waals surface area contributed by atoms with Crippen molar-refractivity contribution in [1.82, 2.24) is 10.6 Å². The molecule has 0 aromatic rings. The molecule has 1 amide bonds. The van der Waals surface area contributed by atoms with Crippen LogP contribution in [0.4, 0.5) is 0 Å². The number of nitrogens with one attached hydrogen (secondary N) is 2. The normalized spacial score (nSPS) is 11.9. The first-order valence-corrected chi connectivity index (χ1v) is 7.34. The Hall–Kier alpha value is -0.570. The third-order valence-corrected chi connectivity index (χ3v) is 2.89. The number of carbonyl (C=O) groups is 1. The van der Waals surface area contributed by atoms with E-state index in [9.17, 15) is 4.79 Å². The van der Waals surface area contributed by atoms with Gasteiger partial charge in [-0.25, -0.2) is 0 Å². The lowest BCUT2D eigenvalue weighted by Gasteiger charge is -2.22. The monoisotopic (exact) mass is 256 g/mol. The van der Waals surface area contributed by atoms with Crippen LogP contribution in [0.1, 0.15) is 54.4 Å². The fourth-order valence-corrected chi connectivity index (χ4v) is 2.07. The highest BCUT2D eigenvalue weighted by atomic mass is 16.1. The maximum absolute atomic E-state index is 11.4. The summed E-state index contributed by atoms with van der Waals surface area (Å²) >= 11 is 0. The molecule has 0 radical (unpaired) electrons. The van der Waals surface area contributed by atoms with Crippen molar-refractivity contribution in [3.8, 4) is 0 Å². The van der Waals surface area contributed by atoms with Gasteiger partial charge in [0, 0.05) is 25.0 Å². The molecule has 0 rings (SSSR count). The molecule has 0 aromatic heterocycles. The van der Waals surface area contributed by atoms with Gasteiger partial charge in [0.15, 0.2) is 0 Å². The molecule has 0 saturated carbocycles. The highest BCUT2D eigenvalue weighted by Crippen LogP contribution is 2.12. The van der Waals surface area contributed by atoms with Crippen LogP contribution in [0.25, 0.3) is 0 Å². The molecule has 18 heavy (non-hydrogen) atoms. The van der Waals surface area contributed by atoms with Crippen LogP contribution in [0.15, 0.2) is 0 Å². The van der Waals surface area contributed by atoms with Gasteiger partial charge < -0.3 is 10.6 Å². The Morgan fingerprint density at radius 1 is 0.889 bits per heavy atom. The smallest absolute Gasteiger partial charge is 0.222 e. The van der Waals surface area contributed by atoms with E-state index >= 15 is 0 Å². The van der Waals surface area contributed by atoms with Crippen molar-refractivity contribution in [3.05, 3.63) is 0 Å². The molecule has 0 aliphatic heterocycles. The lowest BCUT2D eigenvalue weighted by molar-refractivity contribution is -0.123. The Morgan fingerprint density at radius 2 is 1.39 bits per heavy atom. The fourth-order valence-electron chi connectivity index (χ4n) is 2.07. The fraction of sp³-hybridized carbons (Fsp3) is 0.933. The first-order chi connectivity index (χ1) is 8.32. The van der Waals surface area contributed by atoms with E-state index in [0.717, 1.165) is 13.1 Å². The predicted molar refractivity (Wildman–Crippen MR) is 78.5 cm³/mol. The summed E-state index contributed by atoms with van der Waals surface area (Å²) in [6, 6.07) is 0.570. The van der Waals surface area contributed by atoms with Gasteiger partial charge in [-0.15, -0.1) is 0 Å². The summed E-state index contributed by atoms with van der Waals surface area (Å²) in [5, 5.41) is 6.50. The van der Waals surface area contributed by atoms with Crippen LogP contribution in [-0.4, -0.2) is 25.0 Å². The molecular formula is C15H32N2O. The largest absolute Gasteiger partial charge is 0.355 e. The van der Waals surface area contributed by atoms with Gasteiger partial charge in [-0.05, 0) is 24.7 Å². The Labute approximate surface area is 113 Å². The summed E-state index contributed by atoms with van der Waals surface area (Å²) in [7, 11) is 0. The van der Waals surface area contributed by atoms with Crippen LogP contribution in [-0.2, 0) is 4.79 Å². The molecule has 0 heterocycles. The van der Waals surface area contributed by atoms with Crippen molar-refractivity contribution in [1.29, 1.82) is 0 Å². The van der Waals surface area contributed by atoms with E-state index in [1.807, 2.05) is 13.8 Å². The zero-order valence-electron chi connectivity index (χ0n) is 13.0. The van der Waals surface area contributed by atoms with Gasteiger partial charge in [-0.1, -0.05) is 41.5 Å². The molecule has 0 bridgehead atoms. The quantitative estimate of drug-likeness (QED) is 0.623. The van der Waals surface area contributed by atoms with E-state index < -0.39 is 0 Å². The second-order valence-electron chi connectivity index (χ2n) is 6.36. The minimum atomic E-state index is 0.0760. The van der Waals surface area contributed by atoms with Gasteiger partial charge in [-0.2, -0.15) is 0 Å². The number of hydrogen-bond acceptors (Lipinski definition) is 2. The van der Waals surface area contributed by atoms with Crippen LogP contribution in [0.2, 0.25) is 0 Å². The van der Waals surface area contributed by atoms with Crippen molar-refractivity contribution < 1.29 is 4.79 Å². The van der Waals surface area contributed by atoms with Crippen LogP contribution < -0.4 is 10.6 Å². The van der Waals surface area contributed by atoms with Crippen molar-refractivity contribution in [2.75, 3.05) is 13.1 Å². The Balaban J connectivity index is 3.85. The molecule has 3 nitrogen and oxygen atoms in total. The zero-order valence-corrected chi connectivity index (χ0v) is 13.0. The van der Waals surface area contributed by atoms with Crippen molar-refractivity contribution in [2.24, 2.45) is 17.8 Å². The van der Waals surface area contributed by atoms with Gasteiger partial charge >= 0.3 is 0 Å². The lowest BCUT2D eigenvalue weighted by Crippen LogP contribution is -2.39. The topological polar surface area (TPSA) is 41.1 Å². The summed E-state index contributed by atoms with van der Waals surface area (Å²) in [6.45, 7) is 14.5. The van der Waals surface area contributed by atoms with Crippen LogP contribution in [0.5, 0.6) is 0 Å². The first-order valence-electron chi connectivity index (χ1n) is 7.34. The van der Waals surface area contributed by atoms with E-state index in [-0.39, 0.29) is 11.8 Å². The van der Waals surface area contributed by atoms with E-state index in [0.29, 0.717) is 17.9 Å². The van der Waals surface area contributed by atoms with E-state index in [2.05, 4.69) is 38.3 Å². The van der Waals surface area contributed by atoms with Gasteiger partial charge in [0.05, 0.1) is 0 Å². The van der Waals surface area contributed by atoms with E-state index in [1.165, 1.54) is 12.8 Å². The van der Waals surface area contributed by atoms with Crippen molar-refractivity contribution in [3.63, 3.8) is 0 Å². The van der Waals surface area contributed by atoms with Gasteiger partial charge in [0.2, 0.25) is 5.91 Å². The number of rotatable bonds is 9. The molecule has 0 atom stereocenters. The Morgan fingerprint density at radius 3 is 1.78 bits per heavy atom. The lowest BCUT2D eigenvalue weighted by atomic mass is 9.96. The number of amides is 1. The molecule has 0 aliphatic rings. The molecule has 108 valence electrons. The highest BCUT2D eigenvalue weighted by Gasteiger charge is 2.12. The SMILES string of the molecule is CC(C)CC(CC(C)C)NCCNC(=O)C(C)C. The summed E-state index contributed by atoms with van der Waals surface area (Å²) in [5.41, 5.74) is 0. The average molecular weight is 256 g/mol. The van der Waals surface area contributed by atoms with Crippen LogP contribution in [0.3, 0.4) is 0 Å². The zero-order chi connectivity index (χ0) is 14.1. The summed E-state index contributed by atoms with van der Waals surface area (Å²) < 4.78 is 0. The molecule has 0 spiro atoms. The Bertz CT molecular complexity index is 215. The molecule has 3 heteroatoms. The maximum atomic E-state index is 11.4. The van der Waals surface area contributed by atoms with Crippen LogP contribution in [0, 0.1) is 17.8 Å². The molecular weight excluding hydrogens is 224 g/mol. The van der Waals surface area contributed by atoms with E-state index in [4.69, 9.17) is 0 Å². The summed E-state index contributed by atoms with van der Waals surface area (Å²) in [4.78, 5) is 11.4. The average Bonchev–Trinajstić information content (AvgIpc) is 2.21. The standard InChI is InChI=1S/C15H32N2O/c1-11(2)9-14(10-12(3)4)16-7-8-17-15(18)13(5)6/h11-14,16H,7-10H2,1-6H3,(H,17,18). The highest BCUT2D eigenvalue weighted by molar-refractivity contribution is 5.77. The third-order valence-electron chi connectivity index (χ3n) is 2.89. The second-order valence-corrected chi connectivity index (χ2v) is 6.36. The van der Waals surface area contributed by atoms with Crippen molar-refractivity contribution in [2.45, 2.75) is 60.4 Å². The first kappa shape index (κ1) is 17.4.